The second kappa shape index (κ2) is 16.2. The van der Waals surface area contributed by atoms with Crippen molar-refractivity contribution in [1.82, 2.24) is 4.90 Å². The summed E-state index contributed by atoms with van der Waals surface area (Å²) in [6.45, 7) is 11.9. The first-order valence-corrected chi connectivity index (χ1v) is 14.2. The van der Waals surface area contributed by atoms with Crippen LogP contribution >= 0.6 is 11.8 Å². The Hall–Kier alpha value is -2.71. The first-order valence-electron chi connectivity index (χ1n) is 13.0. The maximum Gasteiger partial charge on any atom is 0.333 e. The summed E-state index contributed by atoms with van der Waals surface area (Å²) in [5.41, 5.74) is 5.01. The van der Waals surface area contributed by atoms with E-state index in [2.05, 4.69) is 31.3 Å². The predicted molar refractivity (Wildman–Crippen MR) is 152 cm³/mol. The van der Waals surface area contributed by atoms with Gasteiger partial charge in [-0.05, 0) is 80.9 Å². The number of ether oxygens (including phenoxy) is 2. The smallest absolute Gasteiger partial charge is 0.333 e. The predicted octanol–water partition coefficient (Wildman–Crippen LogP) is 6.09. The molecule has 0 spiro atoms. The molecule has 0 saturated heterocycles. The van der Waals surface area contributed by atoms with E-state index in [4.69, 9.17) is 9.47 Å². The van der Waals surface area contributed by atoms with Crippen LogP contribution in [-0.4, -0.2) is 65.9 Å². The Balaban J connectivity index is 1.97. The van der Waals surface area contributed by atoms with Gasteiger partial charge >= 0.3 is 12.0 Å². The van der Waals surface area contributed by atoms with Crippen LogP contribution in [0, 0.1) is 20.8 Å². The van der Waals surface area contributed by atoms with Crippen molar-refractivity contribution in [2.45, 2.75) is 60.0 Å². The highest BCUT2D eigenvalue weighted by atomic mass is 32.2. The molecule has 7 nitrogen and oxygen atoms in total. The Bertz CT molecular complexity index is 973. The van der Waals surface area contributed by atoms with Crippen molar-refractivity contribution >= 4 is 29.4 Å². The number of amides is 2. The summed E-state index contributed by atoms with van der Waals surface area (Å²) in [5.74, 6) is 1.85. The number of nitrogens with one attached hydrogen (secondary N) is 1. The standard InChI is InChI=1S/C29H42N2O5S/c1-6-16-37-17-8-13-31(29(34)30-27-22(4)18-21(3)19-23(27)5)14-15-36-25-11-9-24(10-12-25)20-26(28(32)33)35-7-2/h9-12,18-19,26H,6-8,13-17,20H2,1-5H3,(H,30,34)(H,32,33). The molecule has 2 N–H and O–H groups in total. The van der Waals surface area contributed by atoms with E-state index >= 15 is 0 Å². The molecule has 2 rings (SSSR count). The fourth-order valence-electron chi connectivity index (χ4n) is 4.11. The average Bonchev–Trinajstić information content (AvgIpc) is 2.85. The van der Waals surface area contributed by atoms with Crippen LogP contribution in [0.15, 0.2) is 36.4 Å². The van der Waals surface area contributed by atoms with E-state index in [0.717, 1.165) is 46.7 Å². The van der Waals surface area contributed by atoms with E-state index in [9.17, 15) is 14.7 Å². The summed E-state index contributed by atoms with van der Waals surface area (Å²) in [5, 5.41) is 12.4. The van der Waals surface area contributed by atoms with Crippen LogP contribution < -0.4 is 10.1 Å². The summed E-state index contributed by atoms with van der Waals surface area (Å²) in [7, 11) is 0. The maximum atomic E-state index is 13.2. The zero-order chi connectivity index (χ0) is 27.2. The minimum Gasteiger partial charge on any atom is -0.492 e. The third-order valence-electron chi connectivity index (χ3n) is 5.88. The zero-order valence-electron chi connectivity index (χ0n) is 22.8. The van der Waals surface area contributed by atoms with Crippen LogP contribution in [0.3, 0.4) is 0 Å². The highest BCUT2D eigenvalue weighted by Gasteiger charge is 2.18. The first-order chi connectivity index (χ1) is 17.7. The molecule has 0 saturated carbocycles. The number of carboxylic acid groups (broad SMARTS) is 1. The lowest BCUT2D eigenvalue weighted by atomic mass is 10.1. The number of anilines is 1. The van der Waals surface area contributed by atoms with Gasteiger partial charge in [0, 0.05) is 25.3 Å². The van der Waals surface area contributed by atoms with Gasteiger partial charge in [-0.25, -0.2) is 9.59 Å². The number of carbonyl (C=O) groups is 2. The quantitative estimate of drug-likeness (QED) is 0.255. The van der Waals surface area contributed by atoms with Crippen LogP contribution in [-0.2, 0) is 16.0 Å². The number of carboxylic acids is 1. The van der Waals surface area contributed by atoms with Gasteiger partial charge in [0.1, 0.15) is 12.4 Å². The second-order valence-electron chi connectivity index (χ2n) is 9.14. The molecule has 1 unspecified atom stereocenters. The van der Waals surface area contributed by atoms with Crippen molar-refractivity contribution in [3.63, 3.8) is 0 Å². The van der Waals surface area contributed by atoms with Gasteiger partial charge in [-0.15, -0.1) is 0 Å². The van der Waals surface area contributed by atoms with E-state index in [-0.39, 0.29) is 6.03 Å². The highest BCUT2D eigenvalue weighted by molar-refractivity contribution is 7.99. The Morgan fingerprint density at radius 3 is 2.30 bits per heavy atom. The molecule has 2 aromatic rings. The molecule has 204 valence electrons. The summed E-state index contributed by atoms with van der Waals surface area (Å²) in [6, 6.07) is 11.4. The van der Waals surface area contributed by atoms with Gasteiger partial charge in [-0.1, -0.05) is 36.8 Å². The summed E-state index contributed by atoms with van der Waals surface area (Å²) >= 11 is 1.91. The number of aliphatic carboxylic acids is 1. The van der Waals surface area contributed by atoms with Gasteiger partial charge in [0.05, 0.1) is 6.54 Å². The Labute approximate surface area is 225 Å². The van der Waals surface area contributed by atoms with Crippen LogP contribution in [0.4, 0.5) is 10.5 Å². The number of benzene rings is 2. The monoisotopic (exact) mass is 530 g/mol. The Kier molecular flexibility index (Phi) is 13.4. The number of thioether (sulfide) groups is 1. The van der Waals surface area contributed by atoms with Gasteiger partial charge in [0.15, 0.2) is 6.10 Å². The summed E-state index contributed by atoms with van der Waals surface area (Å²) < 4.78 is 11.2. The van der Waals surface area contributed by atoms with Crippen LogP contribution in [0.1, 0.15) is 48.9 Å². The van der Waals surface area contributed by atoms with Gasteiger partial charge < -0.3 is 24.8 Å². The zero-order valence-corrected chi connectivity index (χ0v) is 23.7. The lowest BCUT2D eigenvalue weighted by Crippen LogP contribution is -2.39. The lowest BCUT2D eigenvalue weighted by Gasteiger charge is -2.24. The molecule has 8 heteroatoms. The van der Waals surface area contributed by atoms with Crippen molar-refractivity contribution in [3.8, 4) is 5.75 Å². The van der Waals surface area contributed by atoms with Crippen LogP contribution in [0.2, 0.25) is 0 Å². The molecule has 0 bridgehead atoms. The highest BCUT2D eigenvalue weighted by Crippen LogP contribution is 2.22. The molecule has 0 radical (unpaired) electrons. The minimum atomic E-state index is -0.968. The minimum absolute atomic E-state index is 0.120. The number of rotatable bonds is 16. The molecule has 2 aromatic carbocycles. The maximum absolute atomic E-state index is 13.2. The molecule has 0 heterocycles. The van der Waals surface area contributed by atoms with E-state index in [0.29, 0.717) is 38.5 Å². The van der Waals surface area contributed by atoms with E-state index in [1.165, 1.54) is 5.56 Å². The Morgan fingerprint density at radius 1 is 1.03 bits per heavy atom. The fourth-order valence-corrected chi connectivity index (χ4v) is 4.94. The van der Waals surface area contributed by atoms with Crippen molar-refractivity contribution in [1.29, 1.82) is 0 Å². The van der Waals surface area contributed by atoms with Crippen molar-refractivity contribution < 1.29 is 24.2 Å². The first kappa shape index (κ1) is 30.5. The molecule has 0 fully saturated rings. The molecule has 0 aliphatic carbocycles. The van der Waals surface area contributed by atoms with E-state index in [1.54, 1.807) is 6.92 Å². The number of nitrogens with zero attached hydrogens (tertiary/aromatic N) is 1. The van der Waals surface area contributed by atoms with Crippen molar-refractivity contribution in [2.75, 3.05) is 43.1 Å². The fraction of sp³-hybridized carbons (Fsp3) is 0.517. The van der Waals surface area contributed by atoms with Gasteiger partial charge in [-0.3, -0.25) is 0 Å². The van der Waals surface area contributed by atoms with Crippen LogP contribution in [0.25, 0.3) is 0 Å². The molecule has 0 aliphatic heterocycles. The third-order valence-corrected chi connectivity index (χ3v) is 7.15. The summed E-state index contributed by atoms with van der Waals surface area (Å²) in [6.07, 6.45) is 1.50. The van der Waals surface area contributed by atoms with E-state index < -0.39 is 12.1 Å². The van der Waals surface area contributed by atoms with Gasteiger partial charge in [0.2, 0.25) is 0 Å². The molecule has 37 heavy (non-hydrogen) atoms. The molecule has 1 atom stereocenters. The molecular weight excluding hydrogens is 488 g/mol. The van der Waals surface area contributed by atoms with Gasteiger partial charge in [0.25, 0.3) is 0 Å². The summed E-state index contributed by atoms with van der Waals surface area (Å²) in [4.78, 5) is 26.4. The number of aryl methyl sites for hydroxylation is 3. The molecular formula is C29H42N2O5S. The molecule has 0 aliphatic rings. The lowest BCUT2D eigenvalue weighted by molar-refractivity contribution is -0.149. The topological polar surface area (TPSA) is 88.1 Å². The number of hydrogen-bond donors (Lipinski definition) is 2. The molecule has 2 amide bonds. The van der Waals surface area contributed by atoms with Crippen molar-refractivity contribution in [3.05, 3.63) is 58.7 Å². The molecule has 0 aromatic heterocycles. The largest absolute Gasteiger partial charge is 0.492 e. The third kappa shape index (κ3) is 10.7. The number of urea groups is 1. The van der Waals surface area contributed by atoms with Crippen LogP contribution in [0.5, 0.6) is 5.75 Å². The van der Waals surface area contributed by atoms with Crippen molar-refractivity contribution in [2.24, 2.45) is 0 Å². The number of hydrogen-bond acceptors (Lipinski definition) is 5. The SMILES string of the molecule is CCCSCCCN(CCOc1ccc(CC(OCC)C(=O)O)cc1)C(=O)Nc1c(C)cc(C)cc1C. The Morgan fingerprint density at radius 2 is 1.70 bits per heavy atom. The second-order valence-corrected chi connectivity index (χ2v) is 10.4. The van der Waals surface area contributed by atoms with E-state index in [1.807, 2.05) is 54.8 Å². The normalized spacial score (nSPS) is 11.7. The average molecular weight is 531 g/mol. The van der Waals surface area contributed by atoms with Gasteiger partial charge in [-0.2, -0.15) is 11.8 Å². The number of carbonyl (C=O) groups excluding carboxylic acids is 1.